The normalized spacial score (nSPS) is 10.3. The maximum atomic E-state index is 12.4. The number of anilines is 1. The molecule has 0 saturated carbocycles. The van der Waals surface area contributed by atoms with Gasteiger partial charge in [0, 0.05) is 17.8 Å². The van der Waals surface area contributed by atoms with Crippen LogP contribution in [0.15, 0.2) is 65.3 Å². The van der Waals surface area contributed by atoms with Crippen LogP contribution >= 0.6 is 0 Å². The van der Waals surface area contributed by atoms with E-state index in [2.05, 4.69) is 10.6 Å². The van der Waals surface area contributed by atoms with E-state index in [1.54, 1.807) is 30.3 Å². The fourth-order valence-electron chi connectivity index (χ4n) is 2.77. The highest BCUT2D eigenvalue weighted by Crippen LogP contribution is 2.18. The van der Waals surface area contributed by atoms with Crippen molar-refractivity contribution < 1.29 is 23.5 Å². The molecule has 3 rings (SSSR count). The number of esters is 1. The van der Waals surface area contributed by atoms with E-state index < -0.39 is 11.9 Å². The Morgan fingerprint density at radius 1 is 0.966 bits per heavy atom. The molecule has 148 valence electrons. The van der Waals surface area contributed by atoms with Crippen molar-refractivity contribution in [2.75, 3.05) is 12.4 Å². The van der Waals surface area contributed by atoms with Gasteiger partial charge in [0.15, 0.2) is 5.76 Å². The van der Waals surface area contributed by atoms with Crippen LogP contribution in [0.1, 0.15) is 42.4 Å². The molecule has 29 heavy (non-hydrogen) atoms. The van der Waals surface area contributed by atoms with E-state index in [4.69, 9.17) is 9.15 Å². The van der Waals surface area contributed by atoms with Gasteiger partial charge in [0.1, 0.15) is 0 Å². The van der Waals surface area contributed by atoms with E-state index in [0.717, 1.165) is 5.56 Å². The van der Waals surface area contributed by atoms with Gasteiger partial charge in [-0.25, -0.2) is 4.79 Å². The largest absolute Gasteiger partial charge is 0.465 e. The molecule has 7 nitrogen and oxygen atoms in total. The van der Waals surface area contributed by atoms with E-state index >= 15 is 0 Å². The number of methoxy groups -OCH3 is 1. The lowest BCUT2D eigenvalue weighted by molar-refractivity contribution is 0.0600. The van der Waals surface area contributed by atoms with E-state index in [0.29, 0.717) is 16.8 Å². The molecule has 0 atom stereocenters. The molecule has 0 bridgehead atoms. The van der Waals surface area contributed by atoms with Crippen LogP contribution in [-0.2, 0) is 11.3 Å². The number of nitrogens with one attached hydrogen (secondary N) is 2. The van der Waals surface area contributed by atoms with Crippen molar-refractivity contribution in [3.8, 4) is 0 Å². The average molecular weight is 392 g/mol. The summed E-state index contributed by atoms with van der Waals surface area (Å²) < 4.78 is 9.85. The first-order valence-corrected chi connectivity index (χ1v) is 8.88. The molecule has 0 unspecified atom stereocenters. The minimum Gasteiger partial charge on any atom is -0.465 e. The fourth-order valence-corrected chi connectivity index (χ4v) is 2.77. The summed E-state index contributed by atoms with van der Waals surface area (Å²) >= 11 is 0. The van der Waals surface area contributed by atoms with Crippen molar-refractivity contribution >= 4 is 23.5 Å². The second-order valence-electron chi connectivity index (χ2n) is 6.39. The zero-order chi connectivity index (χ0) is 20.8. The van der Waals surface area contributed by atoms with Gasteiger partial charge in [-0.1, -0.05) is 17.7 Å². The average Bonchev–Trinajstić information content (AvgIpc) is 3.26. The molecular formula is C22H20N2O5. The maximum absolute atomic E-state index is 12.4. The van der Waals surface area contributed by atoms with Crippen molar-refractivity contribution in [3.63, 3.8) is 0 Å². The Kier molecular flexibility index (Phi) is 6.09. The number of hydrogen-bond donors (Lipinski definition) is 2. The van der Waals surface area contributed by atoms with Crippen molar-refractivity contribution in [1.29, 1.82) is 0 Å². The minimum atomic E-state index is -0.551. The predicted octanol–water partition coefficient (Wildman–Crippen LogP) is 3.56. The minimum absolute atomic E-state index is 0.141. The number of benzene rings is 2. The highest BCUT2D eigenvalue weighted by molar-refractivity contribution is 6.03. The molecule has 1 aromatic heterocycles. The number of aryl methyl sites for hydroxylation is 1. The molecule has 0 saturated heterocycles. The molecule has 2 amide bonds. The first kappa shape index (κ1) is 19.9. The Morgan fingerprint density at radius 3 is 2.48 bits per heavy atom. The molecule has 0 aliphatic rings. The van der Waals surface area contributed by atoms with Crippen LogP contribution in [0.25, 0.3) is 0 Å². The van der Waals surface area contributed by atoms with E-state index in [-0.39, 0.29) is 23.8 Å². The number of furan rings is 1. The number of rotatable bonds is 6. The SMILES string of the molecule is COC(=O)c1cc(CNC(=O)c2cccc(C)c2)cc(NC(=O)c2ccco2)c1. The molecule has 0 aliphatic heterocycles. The summed E-state index contributed by atoms with van der Waals surface area (Å²) in [4.78, 5) is 36.6. The Balaban J connectivity index is 1.78. The third-order valence-corrected chi connectivity index (χ3v) is 4.15. The number of hydrogen-bond acceptors (Lipinski definition) is 5. The van der Waals surface area contributed by atoms with Crippen molar-refractivity contribution in [2.24, 2.45) is 0 Å². The summed E-state index contributed by atoms with van der Waals surface area (Å²) in [5, 5.41) is 5.49. The predicted molar refractivity (Wildman–Crippen MR) is 107 cm³/mol. The molecule has 0 radical (unpaired) electrons. The maximum Gasteiger partial charge on any atom is 0.337 e. The van der Waals surface area contributed by atoms with Gasteiger partial charge in [0.25, 0.3) is 11.8 Å². The summed E-state index contributed by atoms with van der Waals surface area (Å²) in [7, 11) is 1.27. The molecular weight excluding hydrogens is 372 g/mol. The Morgan fingerprint density at radius 2 is 1.79 bits per heavy atom. The smallest absolute Gasteiger partial charge is 0.337 e. The van der Waals surface area contributed by atoms with Crippen LogP contribution in [0.4, 0.5) is 5.69 Å². The highest BCUT2D eigenvalue weighted by Gasteiger charge is 2.14. The van der Waals surface area contributed by atoms with Gasteiger partial charge in [0.05, 0.1) is 18.9 Å². The second kappa shape index (κ2) is 8.88. The third kappa shape index (κ3) is 5.10. The molecule has 2 aromatic carbocycles. The van der Waals surface area contributed by atoms with Crippen molar-refractivity contribution in [1.82, 2.24) is 5.32 Å². The van der Waals surface area contributed by atoms with Crippen LogP contribution < -0.4 is 10.6 Å². The first-order valence-electron chi connectivity index (χ1n) is 8.88. The van der Waals surface area contributed by atoms with Gasteiger partial charge in [-0.05, 0) is 55.0 Å². The lowest BCUT2D eigenvalue weighted by Gasteiger charge is -2.11. The monoisotopic (exact) mass is 392 g/mol. The molecule has 1 heterocycles. The van der Waals surface area contributed by atoms with E-state index in [1.165, 1.54) is 25.5 Å². The van der Waals surface area contributed by atoms with E-state index in [9.17, 15) is 14.4 Å². The van der Waals surface area contributed by atoms with Crippen LogP contribution in [0.3, 0.4) is 0 Å². The van der Waals surface area contributed by atoms with Gasteiger partial charge < -0.3 is 19.8 Å². The molecule has 0 spiro atoms. The number of carbonyl (C=O) groups excluding carboxylic acids is 3. The Hall–Kier alpha value is -3.87. The van der Waals surface area contributed by atoms with Gasteiger partial charge in [-0.15, -0.1) is 0 Å². The van der Waals surface area contributed by atoms with Gasteiger partial charge in [-0.2, -0.15) is 0 Å². The van der Waals surface area contributed by atoms with Gasteiger partial charge in [-0.3, -0.25) is 9.59 Å². The highest BCUT2D eigenvalue weighted by atomic mass is 16.5. The summed E-state index contributed by atoms with van der Waals surface area (Å²) in [6.07, 6.45) is 1.39. The quantitative estimate of drug-likeness (QED) is 0.625. The van der Waals surface area contributed by atoms with Crippen molar-refractivity contribution in [3.05, 3.63) is 88.9 Å². The van der Waals surface area contributed by atoms with E-state index in [1.807, 2.05) is 19.1 Å². The van der Waals surface area contributed by atoms with Crippen LogP contribution in [0.5, 0.6) is 0 Å². The topological polar surface area (TPSA) is 97.6 Å². The summed E-state index contributed by atoms with van der Waals surface area (Å²) in [6.45, 7) is 2.08. The molecule has 7 heteroatoms. The van der Waals surface area contributed by atoms with Gasteiger partial charge >= 0.3 is 5.97 Å². The third-order valence-electron chi connectivity index (χ3n) is 4.15. The molecule has 0 fully saturated rings. The lowest BCUT2D eigenvalue weighted by atomic mass is 10.1. The van der Waals surface area contributed by atoms with Crippen LogP contribution in [0.2, 0.25) is 0 Å². The zero-order valence-corrected chi connectivity index (χ0v) is 16.0. The number of amides is 2. The number of ether oxygens (including phenoxy) is 1. The first-order chi connectivity index (χ1) is 14.0. The molecule has 0 aliphatic carbocycles. The molecule has 3 aromatic rings. The summed E-state index contributed by atoms with van der Waals surface area (Å²) in [5.74, 6) is -1.10. The summed E-state index contributed by atoms with van der Waals surface area (Å²) in [6, 6.07) is 15.1. The standard InChI is InChI=1S/C22H20N2O5/c1-14-5-3-6-16(9-14)20(25)23-13-15-10-17(22(27)28-2)12-18(11-15)24-21(26)19-7-4-8-29-19/h3-12H,13H2,1-2H3,(H,23,25)(H,24,26). The lowest BCUT2D eigenvalue weighted by Crippen LogP contribution is -2.23. The van der Waals surface area contributed by atoms with Crippen molar-refractivity contribution in [2.45, 2.75) is 13.5 Å². The van der Waals surface area contributed by atoms with Crippen LogP contribution in [-0.4, -0.2) is 24.9 Å². The van der Waals surface area contributed by atoms with Gasteiger partial charge in [0.2, 0.25) is 0 Å². The number of carbonyl (C=O) groups is 3. The second-order valence-corrected chi connectivity index (χ2v) is 6.39. The Labute approximate surface area is 167 Å². The Bertz CT molecular complexity index is 1040. The van der Waals surface area contributed by atoms with Crippen LogP contribution in [0, 0.1) is 6.92 Å². The fraction of sp³-hybridized carbons (Fsp3) is 0.136. The summed E-state index contributed by atoms with van der Waals surface area (Å²) in [5.41, 5.74) is 2.79. The zero-order valence-electron chi connectivity index (χ0n) is 16.0. The molecule has 2 N–H and O–H groups in total.